The van der Waals surface area contributed by atoms with E-state index in [1.165, 1.54) is 0 Å². The first-order valence-electron chi connectivity index (χ1n) is 7.18. The zero-order chi connectivity index (χ0) is 14.0. The van der Waals surface area contributed by atoms with Crippen molar-refractivity contribution >= 4 is 0 Å². The number of allylic oxidation sites excluding steroid dienone is 1. The summed E-state index contributed by atoms with van der Waals surface area (Å²) in [5.41, 5.74) is 0.802. The van der Waals surface area contributed by atoms with Crippen molar-refractivity contribution in [3.63, 3.8) is 0 Å². The van der Waals surface area contributed by atoms with Crippen LogP contribution in [0.5, 0.6) is 0 Å². The molecule has 1 N–H and O–H groups in total. The van der Waals surface area contributed by atoms with Crippen molar-refractivity contribution in [1.29, 1.82) is 0 Å². The summed E-state index contributed by atoms with van der Waals surface area (Å²) < 4.78 is 0. The Morgan fingerprint density at radius 1 is 1.50 bits per heavy atom. The standard InChI is InChI=1S/C17H30O/c1-7-9-16(5,6)12-15-14(4)8-10-17(15,18)11-13(2)3/h7,14-15,18H,1-2,8-12H2,3-6H3/t14-,15+,17-/m1/s1. The van der Waals surface area contributed by atoms with Gasteiger partial charge in [0.1, 0.15) is 0 Å². The molecule has 1 heteroatoms. The molecule has 0 amide bonds. The molecule has 1 nitrogen and oxygen atoms in total. The Hall–Kier alpha value is -0.560. The van der Waals surface area contributed by atoms with Crippen molar-refractivity contribution < 1.29 is 5.11 Å². The van der Waals surface area contributed by atoms with E-state index < -0.39 is 5.60 Å². The average Bonchev–Trinajstić information content (AvgIpc) is 2.44. The molecular formula is C17H30O. The van der Waals surface area contributed by atoms with Gasteiger partial charge < -0.3 is 5.11 Å². The van der Waals surface area contributed by atoms with Gasteiger partial charge in [-0.1, -0.05) is 32.4 Å². The van der Waals surface area contributed by atoms with Gasteiger partial charge in [0.25, 0.3) is 0 Å². The second-order valence-electron chi connectivity index (χ2n) is 7.22. The fourth-order valence-electron chi connectivity index (χ4n) is 3.60. The topological polar surface area (TPSA) is 20.2 Å². The van der Waals surface area contributed by atoms with Crippen LogP contribution in [0.1, 0.15) is 59.8 Å². The molecule has 0 unspecified atom stereocenters. The molecule has 0 radical (unpaired) electrons. The van der Waals surface area contributed by atoms with Gasteiger partial charge in [-0.2, -0.15) is 0 Å². The van der Waals surface area contributed by atoms with E-state index in [9.17, 15) is 5.11 Å². The minimum absolute atomic E-state index is 0.230. The molecule has 1 rings (SSSR count). The lowest BCUT2D eigenvalue weighted by molar-refractivity contribution is -0.0226. The highest BCUT2D eigenvalue weighted by Gasteiger charge is 2.46. The van der Waals surface area contributed by atoms with Crippen molar-refractivity contribution in [2.45, 2.75) is 65.4 Å². The smallest absolute Gasteiger partial charge is 0.0715 e. The highest BCUT2D eigenvalue weighted by molar-refractivity contribution is 5.06. The van der Waals surface area contributed by atoms with Gasteiger partial charge in [0.05, 0.1) is 5.60 Å². The van der Waals surface area contributed by atoms with Gasteiger partial charge >= 0.3 is 0 Å². The van der Waals surface area contributed by atoms with Gasteiger partial charge in [-0.05, 0) is 56.3 Å². The average molecular weight is 250 g/mol. The zero-order valence-electron chi connectivity index (χ0n) is 12.6. The first kappa shape index (κ1) is 15.5. The molecule has 0 spiro atoms. The third-order valence-electron chi connectivity index (χ3n) is 4.49. The molecule has 0 heterocycles. The second kappa shape index (κ2) is 5.61. The summed E-state index contributed by atoms with van der Waals surface area (Å²) in [5.74, 6) is 1.00. The third-order valence-corrected chi connectivity index (χ3v) is 4.49. The predicted molar refractivity (Wildman–Crippen MR) is 79.5 cm³/mol. The molecule has 0 saturated heterocycles. The maximum absolute atomic E-state index is 10.9. The molecule has 0 aromatic heterocycles. The summed E-state index contributed by atoms with van der Waals surface area (Å²) in [6.45, 7) is 16.7. The molecule has 0 bridgehead atoms. The Balaban J connectivity index is 2.82. The molecule has 3 atom stereocenters. The largest absolute Gasteiger partial charge is 0.389 e. The molecule has 1 fully saturated rings. The normalized spacial score (nSPS) is 32.5. The molecule has 1 aliphatic rings. The summed E-state index contributed by atoms with van der Waals surface area (Å²) in [4.78, 5) is 0. The van der Waals surface area contributed by atoms with Crippen LogP contribution in [0.15, 0.2) is 24.8 Å². The first-order chi connectivity index (χ1) is 8.20. The highest BCUT2D eigenvalue weighted by Crippen LogP contribution is 2.49. The van der Waals surface area contributed by atoms with Gasteiger partial charge in [0.2, 0.25) is 0 Å². The van der Waals surface area contributed by atoms with E-state index in [-0.39, 0.29) is 5.41 Å². The van der Waals surface area contributed by atoms with Crippen LogP contribution in [0.25, 0.3) is 0 Å². The monoisotopic (exact) mass is 250 g/mol. The molecule has 0 aliphatic heterocycles. The van der Waals surface area contributed by atoms with E-state index in [1.54, 1.807) is 0 Å². The summed E-state index contributed by atoms with van der Waals surface area (Å²) in [5, 5.41) is 10.9. The van der Waals surface area contributed by atoms with Crippen LogP contribution >= 0.6 is 0 Å². The molecule has 104 valence electrons. The Morgan fingerprint density at radius 2 is 2.11 bits per heavy atom. The summed E-state index contributed by atoms with van der Waals surface area (Å²) in [7, 11) is 0. The van der Waals surface area contributed by atoms with Crippen LogP contribution in [-0.4, -0.2) is 10.7 Å². The Labute approximate surface area is 113 Å². The minimum Gasteiger partial charge on any atom is -0.389 e. The van der Waals surface area contributed by atoms with Crippen molar-refractivity contribution in [2.75, 3.05) is 0 Å². The second-order valence-corrected chi connectivity index (χ2v) is 7.22. The Morgan fingerprint density at radius 3 is 2.61 bits per heavy atom. The number of hydrogen-bond donors (Lipinski definition) is 1. The lowest BCUT2D eigenvalue weighted by Gasteiger charge is -2.37. The highest BCUT2D eigenvalue weighted by atomic mass is 16.3. The van der Waals surface area contributed by atoms with Gasteiger partial charge in [-0.25, -0.2) is 0 Å². The van der Waals surface area contributed by atoms with Crippen LogP contribution in [0.2, 0.25) is 0 Å². The Bertz CT molecular complexity index is 316. The van der Waals surface area contributed by atoms with E-state index in [1.807, 2.05) is 13.0 Å². The predicted octanol–water partition coefficient (Wildman–Crippen LogP) is 4.72. The Kier molecular flexibility index (Phi) is 4.83. The SMILES string of the molecule is C=CCC(C)(C)C[C@H]1[C@H](C)CC[C@@]1(O)CC(=C)C. The fraction of sp³-hybridized carbons (Fsp3) is 0.765. The van der Waals surface area contributed by atoms with E-state index in [0.29, 0.717) is 11.8 Å². The number of hydrogen-bond acceptors (Lipinski definition) is 1. The lowest BCUT2D eigenvalue weighted by Crippen LogP contribution is -2.38. The van der Waals surface area contributed by atoms with E-state index in [2.05, 4.69) is 33.9 Å². The van der Waals surface area contributed by atoms with Crippen molar-refractivity contribution in [3.05, 3.63) is 24.8 Å². The van der Waals surface area contributed by atoms with Crippen LogP contribution < -0.4 is 0 Å². The van der Waals surface area contributed by atoms with Gasteiger partial charge in [-0.3, -0.25) is 0 Å². The van der Waals surface area contributed by atoms with E-state index in [0.717, 1.165) is 37.7 Å². The number of aliphatic hydroxyl groups is 1. The summed E-state index contributed by atoms with van der Waals surface area (Å²) >= 11 is 0. The van der Waals surface area contributed by atoms with E-state index >= 15 is 0 Å². The molecular weight excluding hydrogens is 220 g/mol. The van der Waals surface area contributed by atoms with Gasteiger partial charge in [0, 0.05) is 0 Å². The molecule has 18 heavy (non-hydrogen) atoms. The molecule has 0 aromatic carbocycles. The van der Waals surface area contributed by atoms with E-state index in [4.69, 9.17) is 0 Å². The maximum Gasteiger partial charge on any atom is 0.0715 e. The number of rotatable bonds is 6. The zero-order valence-corrected chi connectivity index (χ0v) is 12.6. The van der Waals surface area contributed by atoms with Crippen molar-refractivity contribution in [1.82, 2.24) is 0 Å². The van der Waals surface area contributed by atoms with Crippen LogP contribution in [0.4, 0.5) is 0 Å². The van der Waals surface area contributed by atoms with Crippen molar-refractivity contribution in [2.24, 2.45) is 17.3 Å². The molecule has 1 saturated carbocycles. The van der Waals surface area contributed by atoms with Crippen LogP contribution in [-0.2, 0) is 0 Å². The van der Waals surface area contributed by atoms with Gasteiger partial charge in [-0.15, -0.1) is 13.2 Å². The minimum atomic E-state index is -0.524. The quantitative estimate of drug-likeness (QED) is 0.676. The summed E-state index contributed by atoms with van der Waals surface area (Å²) in [6, 6.07) is 0. The lowest BCUT2D eigenvalue weighted by atomic mass is 9.71. The maximum atomic E-state index is 10.9. The van der Waals surface area contributed by atoms with Crippen LogP contribution in [0.3, 0.4) is 0 Å². The summed E-state index contributed by atoms with van der Waals surface area (Å²) in [6.07, 6.45) is 6.90. The molecule has 1 aliphatic carbocycles. The fourth-order valence-corrected chi connectivity index (χ4v) is 3.60. The van der Waals surface area contributed by atoms with Crippen molar-refractivity contribution in [3.8, 4) is 0 Å². The van der Waals surface area contributed by atoms with Gasteiger partial charge in [0.15, 0.2) is 0 Å². The van der Waals surface area contributed by atoms with Crippen LogP contribution in [0, 0.1) is 17.3 Å². The molecule has 0 aromatic rings. The first-order valence-corrected chi connectivity index (χ1v) is 7.18. The third kappa shape index (κ3) is 3.71.